The van der Waals surface area contributed by atoms with Crippen LogP contribution in [0.25, 0.3) is 0 Å². The molecular formula is C12H15. The molecule has 0 nitrogen and oxygen atoms in total. The highest BCUT2D eigenvalue weighted by Gasteiger charge is 1.82. The Balaban J connectivity index is 2.43. The summed E-state index contributed by atoms with van der Waals surface area (Å²) in [6.45, 7) is 0. The maximum absolute atomic E-state index is 3.08. The Labute approximate surface area is 75.0 Å². The summed E-state index contributed by atoms with van der Waals surface area (Å²) in [4.78, 5) is 0. The van der Waals surface area contributed by atoms with Gasteiger partial charge in [-0.3, -0.25) is 0 Å². The van der Waals surface area contributed by atoms with E-state index in [0.29, 0.717) is 0 Å². The SMILES string of the molecule is [C]1=CC=CC=CCCCCC=C1. The van der Waals surface area contributed by atoms with Gasteiger partial charge in [0, 0.05) is 0 Å². The van der Waals surface area contributed by atoms with Crippen LogP contribution in [-0.4, -0.2) is 0 Å². The Hall–Kier alpha value is -1.04. The van der Waals surface area contributed by atoms with Crippen molar-refractivity contribution in [2.24, 2.45) is 0 Å². The second-order valence-electron chi connectivity index (χ2n) is 2.83. The van der Waals surface area contributed by atoms with Crippen LogP contribution >= 0.6 is 0 Å². The third kappa shape index (κ3) is 4.73. The van der Waals surface area contributed by atoms with Crippen LogP contribution in [-0.2, 0) is 0 Å². The Morgan fingerprint density at radius 1 is 0.833 bits per heavy atom. The van der Waals surface area contributed by atoms with Gasteiger partial charge in [0.25, 0.3) is 0 Å². The molecule has 1 aliphatic rings. The summed E-state index contributed by atoms with van der Waals surface area (Å²) >= 11 is 0. The molecule has 0 unspecified atom stereocenters. The van der Waals surface area contributed by atoms with Crippen LogP contribution in [0, 0.1) is 6.08 Å². The van der Waals surface area contributed by atoms with Gasteiger partial charge >= 0.3 is 0 Å². The van der Waals surface area contributed by atoms with Gasteiger partial charge in [-0.2, -0.15) is 0 Å². The second kappa shape index (κ2) is 6.66. The van der Waals surface area contributed by atoms with Gasteiger partial charge in [-0.05, 0) is 31.8 Å². The first-order valence-electron chi connectivity index (χ1n) is 4.56. The lowest BCUT2D eigenvalue weighted by Crippen LogP contribution is -1.72. The normalized spacial score (nSPS) is 18.7. The monoisotopic (exact) mass is 159 g/mol. The van der Waals surface area contributed by atoms with Crippen LogP contribution in [0.3, 0.4) is 0 Å². The predicted molar refractivity (Wildman–Crippen MR) is 53.7 cm³/mol. The summed E-state index contributed by atoms with van der Waals surface area (Å²) in [6, 6.07) is 0. The first kappa shape index (κ1) is 9.05. The minimum atomic E-state index is 1.18. The van der Waals surface area contributed by atoms with Crippen molar-refractivity contribution in [2.75, 3.05) is 0 Å². The molecule has 63 valence electrons. The standard InChI is InChI=1S/C12H15/c1-2-4-6-8-10-12-11-9-7-5-3-1/h1-5,9,11H,6,8,10,12H2. The van der Waals surface area contributed by atoms with E-state index in [0.717, 1.165) is 0 Å². The third-order valence-corrected chi connectivity index (χ3v) is 1.76. The Kier molecular flexibility index (Phi) is 5.02. The van der Waals surface area contributed by atoms with Crippen LogP contribution in [0.15, 0.2) is 42.5 Å². The lowest BCUT2D eigenvalue weighted by Gasteiger charge is -1.92. The summed E-state index contributed by atoms with van der Waals surface area (Å²) in [5, 5.41) is 0. The van der Waals surface area contributed by atoms with E-state index in [2.05, 4.69) is 24.3 Å². The molecule has 0 amide bonds. The van der Waals surface area contributed by atoms with E-state index in [1.165, 1.54) is 25.7 Å². The topological polar surface area (TPSA) is 0 Å². The van der Waals surface area contributed by atoms with E-state index in [-0.39, 0.29) is 0 Å². The third-order valence-electron chi connectivity index (χ3n) is 1.76. The molecule has 0 N–H and O–H groups in total. The fourth-order valence-electron chi connectivity index (χ4n) is 1.08. The van der Waals surface area contributed by atoms with Crippen molar-refractivity contribution in [3.63, 3.8) is 0 Å². The van der Waals surface area contributed by atoms with Gasteiger partial charge in [0.05, 0.1) is 0 Å². The van der Waals surface area contributed by atoms with Crippen molar-refractivity contribution >= 4 is 0 Å². The summed E-state index contributed by atoms with van der Waals surface area (Å²) < 4.78 is 0. The van der Waals surface area contributed by atoms with E-state index < -0.39 is 0 Å². The highest BCUT2D eigenvalue weighted by molar-refractivity contribution is 5.12. The molecule has 0 saturated heterocycles. The van der Waals surface area contributed by atoms with Crippen LogP contribution in [0.4, 0.5) is 0 Å². The average molecular weight is 159 g/mol. The molecule has 0 saturated carbocycles. The predicted octanol–water partition coefficient (Wildman–Crippen LogP) is 3.59. The fourth-order valence-corrected chi connectivity index (χ4v) is 1.08. The molecular weight excluding hydrogens is 144 g/mol. The molecule has 0 heterocycles. The molecule has 1 aliphatic carbocycles. The van der Waals surface area contributed by atoms with Crippen LogP contribution in [0.5, 0.6) is 0 Å². The van der Waals surface area contributed by atoms with Gasteiger partial charge in [0.2, 0.25) is 0 Å². The fraction of sp³-hybridized carbons (Fsp3) is 0.333. The Bertz CT molecular complexity index is 180. The zero-order valence-electron chi connectivity index (χ0n) is 7.37. The molecule has 0 heteroatoms. The molecule has 0 aromatic carbocycles. The molecule has 1 radical (unpaired) electrons. The van der Waals surface area contributed by atoms with E-state index in [9.17, 15) is 0 Å². The van der Waals surface area contributed by atoms with Crippen molar-refractivity contribution in [2.45, 2.75) is 25.7 Å². The molecule has 0 bridgehead atoms. The zero-order valence-corrected chi connectivity index (χ0v) is 7.37. The van der Waals surface area contributed by atoms with Crippen LogP contribution in [0.1, 0.15) is 25.7 Å². The molecule has 0 spiro atoms. The lowest BCUT2D eigenvalue weighted by atomic mass is 10.1. The number of rotatable bonds is 0. The molecule has 0 aromatic rings. The Morgan fingerprint density at radius 2 is 1.67 bits per heavy atom. The molecule has 12 heavy (non-hydrogen) atoms. The number of allylic oxidation sites excluding steroid dienone is 8. The van der Waals surface area contributed by atoms with Crippen molar-refractivity contribution in [3.8, 4) is 0 Å². The van der Waals surface area contributed by atoms with E-state index in [4.69, 9.17) is 0 Å². The van der Waals surface area contributed by atoms with Crippen molar-refractivity contribution in [1.29, 1.82) is 0 Å². The maximum Gasteiger partial charge on any atom is -0.0187 e. The number of hydrogen-bond acceptors (Lipinski definition) is 0. The van der Waals surface area contributed by atoms with E-state index >= 15 is 0 Å². The average Bonchev–Trinajstić information content (AvgIpc) is 2.05. The zero-order chi connectivity index (χ0) is 8.49. The molecule has 0 fully saturated rings. The van der Waals surface area contributed by atoms with Gasteiger partial charge < -0.3 is 0 Å². The largest absolute Gasteiger partial charge is 0.0845 e. The summed E-state index contributed by atoms with van der Waals surface area (Å²) in [6.07, 6.45) is 22.5. The van der Waals surface area contributed by atoms with Crippen LogP contribution in [0.2, 0.25) is 0 Å². The van der Waals surface area contributed by atoms with Crippen molar-refractivity contribution < 1.29 is 0 Å². The first-order chi connectivity index (χ1) is 6.00. The van der Waals surface area contributed by atoms with Gasteiger partial charge in [-0.15, -0.1) is 0 Å². The van der Waals surface area contributed by atoms with E-state index in [1.54, 1.807) is 0 Å². The van der Waals surface area contributed by atoms with E-state index in [1.807, 2.05) is 24.3 Å². The van der Waals surface area contributed by atoms with Gasteiger partial charge in [0.15, 0.2) is 0 Å². The van der Waals surface area contributed by atoms with Crippen molar-refractivity contribution in [1.82, 2.24) is 0 Å². The van der Waals surface area contributed by atoms with Crippen LogP contribution < -0.4 is 0 Å². The highest BCUT2D eigenvalue weighted by Crippen LogP contribution is 2.02. The number of hydrogen-bond donors (Lipinski definition) is 0. The summed E-state index contributed by atoms with van der Waals surface area (Å²) in [5.74, 6) is 0. The molecule has 0 aliphatic heterocycles. The maximum atomic E-state index is 3.08. The summed E-state index contributed by atoms with van der Waals surface area (Å²) in [7, 11) is 0. The molecule has 0 aromatic heterocycles. The van der Waals surface area contributed by atoms with Gasteiger partial charge in [-0.1, -0.05) is 42.5 Å². The highest BCUT2D eigenvalue weighted by atomic mass is 13.9. The van der Waals surface area contributed by atoms with Gasteiger partial charge in [0.1, 0.15) is 0 Å². The summed E-state index contributed by atoms with van der Waals surface area (Å²) in [5.41, 5.74) is 0. The molecule has 1 rings (SSSR count). The minimum absolute atomic E-state index is 1.18. The quantitative estimate of drug-likeness (QED) is 0.506. The van der Waals surface area contributed by atoms with Crippen molar-refractivity contribution in [3.05, 3.63) is 48.6 Å². The minimum Gasteiger partial charge on any atom is -0.0845 e. The molecule has 0 atom stereocenters. The van der Waals surface area contributed by atoms with Gasteiger partial charge in [-0.25, -0.2) is 0 Å². The smallest absolute Gasteiger partial charge is 0.0187 e. The Morgan fingerprint density at radius 3 is 2.58 bits per heavy atom. The lowest BCUT2D eigenvalue weighted by molar-refractivity contribution is 0.762. The first-order valence-corrected chi connectivity index (χ1v) is 4.56. The second-order valence-corrected chi connectivity index (χ2v) is 2.83.